The van der Waals surface area contributed by atoms with Gasteiger partial charge < -0.3 is 29.3 Å². The van der Waals surface area contributed by atoms with Crippen molar-refractivity contribution in [3.63, 3.8) is 0 Å². The van der Waals surface area contributed by atoms with Crippen LogP contribution in [0.5, 0.6) is 5.75 Å². The number of carbonyl (C=O) groups is 3. The molecule has 224 valence electrons. The molecule has 1 N–H and O–H groups in total. The van der Waals surface area contributed by atoms with Gasteiger partial charge in [0, 0.05) is 38.5 Å². The molecule has 0 aliphatic carbocycles. The van der Waals surface area contributed by atoms with Crippen molar-refractivity contribution in [3.8, 4) is 5.75 Å². The molecule has 3 heterocycles. The maximum atomic E-state index is 14.6. The third-order valence-electron chi connectivity index (χ3n) is 9.24. The van der Waals surface area contributed by atoms with E-state index in [2.05, 4.69) is 13.2 Å². The Balaban J connectivity index is 1.81. The first-order valence-corrected chi connectivity index (χ1v) is 14.7. The molecule has 3 aliphatic heterocycles. The minimum Gasteiger partial charge on any atom is -0.497 e. The molecule has 9 nitrogen and oxygen atoms in total. The molecule has 3 aliphatic rings. The summed E-state index contributed by atoms with van der Waals surface area (Å²) in [6, 6.07) is 6.28. The van der Waals surface area contributed by atoms with E-state index in [4.69, 9.17) is 9.47 Å². The molecule has 1 spiro atoms. The average molecular weight is 568 g/mol. The first kappa shape index (κ1) is 30.8. The molecule has 3 amide bonds. The number of unbranched alkanes of at least 4 members (excludes halogenated alkanes) is 1. The predicted octanol–water partition coefficient (Wildman–Crippen LogP) is 3.42. The molecule has 41 heavy (non-hydrogen) atoms. The van der Waals surface area contributed by atoms with Crippen LogP contribution in [0.3, 0.4) is 0 Å². The SMILES string of the molecule is C=CCN(CCC)C(=O)[C@@H]1[C@H]2C(=O)N(CCCCO)C(C(=O)N(CC=C)c3ccc(OC)cc3)C23CC(C)[C@@]1(C)O3. The molecule has 3 saturated heterocycles. The van der Waals surface area contributed by atoms with E-state index in [1.165, 1.54) is 0 Å². The fourth-order valence-corrected chi connectivity index (χ4v) is 7.30. The first-order chi connectivity index (χ1) is 19.6. The number of nitrogens with zero attached hydrogens (tertiary/aromatic N) is 3. The van der Waals surface area contributed by atoms with Gasteiger partial charge >= 0.3 is 0 Å². The van der Waals surface area contributed by atoms with Gasteiger partial charge in [-0.2, -0.15) is 0 Å². The lowest BCUT2D eigenvalue weighted by molar-refractivity contribution is -0.151. The van der Waals surface area contributed by atoms with E-state index in [1.807, 2.05) is 32.9 Å². The highest BCUT2D eigenvalue weighted by molar-refractivity contribution is 6.05. The molecule has 2 bridgehead atoms. The van der Waals surface area contributed by atoms with Crippen LogP contribution in [-0.2, 0) is 19.1 Å². The number of carbonyl (C=O) groups excluding carboxylic acids is 3. The Hall–Kier alpha value is -3.17. The molecule has 3 unspecified atom stereocenters. The first-order valence-electron chi connectivity index (χ1n) is 14.7. The number of benzene rings is 1. The molecule has 4 rings (SSSR count). The number of aliphatic hydroxyl groups is 1. The Morgan fingerprint density at radius 1 is 1.17 bits per heavy atom. The highest BCUT2D eigenvalue weighted by atomic mass is 16.5. The molecule has 1 aromatic carbocycles. The van der Waals surface area contributed by atoms with Gasteiger partial charge in [-0.1, -0.05) is 26.0 Å². The summed E-state index contributed by atoms with van der Waals surface area (Å²) in [6.07, 6.45) is 5.66. The number of likely N-dealkylation sites (tertiary alicyclic amines) is 1. The smallest absolute Gasteiger partial charge is 0.253 e. The minimum atomic E-state index is -1.14. The lowest BCUT2D eigenvalue weighted by Gasteiger charge is -2.39. The molecule has 0 saturated carbocycles. The van der Waals surface area contributed by atoms with E-state index in [-0.39, 0.29) is 36.8 Å². The van der Waals surface area contributed by atoms with Crippen LogP contribution in [0.1, 0.15) is 46.5 Å². The molecule has 6 atom stereocenters. The number of ether oxygens (including phenoxy) is 2. The fraction of sp³-hybridized carbons (Fsp3) is 0.594. The number of fused-ring (bicyclic) bond motifs is 1. The van der Waals surface area contributed by atoms with Crippen molar-refractivity contribution >= 4 is 23.4 Å². The Kier molecular flexibility index (Phi) is 9.29. The largest absolute Gasteiger partial charge is 0.497 e. The predicted molar refractivity (Wildman–Crippen MR) is 157 cm³/mol. The van der Waals surface area contributed by atoms with E-state index in [1.54, 1.807) is 46.1 Å². The van der Waals surface area contributed by atoms with E-state index in [0.29, 0.717) is 50.3 Å². The molecule has 0 radical (unpaired) electrons. The van der Waals surface area contributed by atoms with Gasteiger partial charge in [-0.05, 0) is 62.8 Å². The van der Waals surface area contributed by atoms with Crippen LogP contribution < -0.4 is 9.64 Å². The van der Waals surface area contributed by atoms with Crippen LogP contribution in [0.4, 0.5) is 5.69 Å². The molecule has 0 aromatic heterocycles. The summed E-state index contributed by atoms with van der Waals surface area (Å²) in [5, 5.41) is 9.46. The van der Waals surface area contributed by atoms with E-state index in [0.717, 1.165) is 6.42 Å². The normalized spacial score (nSPS) is 29.8. The summed E-state index contributed by atoms with van der Waals surface area (Å²) in [5.74, 6) is -1.48. The van der Waals surface area contributed by atoms with Gasteiger partial charge in [0.2, 0.25) is 11.8 Å². The summed E-state index contributed by atoms with van der Waals surface area (Å²) in [7, 11) is 1.58. The van der Waals surface area contributed by atoms with Crippen molar-refractivity contribution in [1.29, 1.82) is 0 Å². The number of methoxy groups -OCH3 is 1. The summed E-state index contributed by atoms with van der Waals surface area (Å²) >= 11 is 0. The fourth-order valence-electron chi connectivity index (χ4n) is 7.30. The Morgan fingerprint density at radius 3 is 2.44 bits per heavy atom. The van der Waals surface area contributed by atoms with E-state index < -0.39 is 29.1 Å². The van der Waals surface area contributed by atoms with Gasteiger partial charge in [-0.15, -0.1) is 13.2 Å². The summed E-state index contributed by atoms with van der Waals surface area (Å²) in [5.41, 5.74) is -1.37. The highest BCUT2D eigenvalue weighted by Gasteiger charge is 2.80. The van der Waals surface area contributed by atoms with Gasteiger partial charge in [-0.3, -0.25) is 14.4 Å². The van der Waals surface area contributed by atoms with E-state index in [9.17, 15) is 19.5 Å². The van der Waals surface area contributed by atoms with Crippen molar-refractivity contribution in [1.82, 2.24) is 9.80 Å². The Bertz CT molecular complexity index is 1150. The quantitative estimate of drug-likeness (QED) is 0.273. The van der Waals surface area contributed by atoms with Crippen LogP contribution in [0, 0.1) is 17.8 Å². The molecular formula is C32H45N3O6. The lowest BCUT2D eigenvalue weighted by Crippen LogP contribution is -2.57. The van der Waals surface area contributed by atoms with Crippen LogP contribution >= 0.6 is 0 Å². The second kappa shape index (κ2) is 12.4. The summed E-state index contributed by atoms with van der Waals surface area (Å²) in [4.78, 5) is 48.2. The molecule has 3 fully saturated rings. The van der Waals surface area contributed by atoms with Gasteiger partial charge in [0.25, 0.3) is 5.91 Å². The average Bonchev–Trinajstić information content (AvgIpc) is 3.47. The van der Waals surface area contributed by atoms with Crippen LogP contribution in [0.25, 0.3) is 0 Å². The Morgan fingerprint density at radius 2 is 1.85 bits per heavy atom. The molecular weight excluding hydrogens is 522 g/mol. The molecule has 1 aromatic rings. The third kappa shape index (κ3) is 5.07. The van der Waals surface area contributed by atoms with Crippen molar-refractivity contribution < 1.29 is 29.0 Å². The lowest BCUT2D eigenvalue weighted by atomic mass is 9.62. The zero-order valence-electron chi connectivity index (χ0n) is 24.9. The summed E-state index contributed by atoms with van der Waals surface area (Å²) < 4.78 is 12.2. The number of anilines is 1. The zero-order chi connectivity index (χ0) is 29.9. The van der Waals surface area contributed by atoms with Crippen molar-refractivity contribution in [3.05, 3.63) is 49.6 Å². The van der Waals surface area contributed by atoms with Crippen LogP contribution in [-0.4, -0.2) is 89.8 Å². The van der Waals surface area contributed by atoms with Crippen LogP contribution in [0.15, 0.2) is 49.6 Å². The Labute approximate surface area is 243 Å². The van der Waals surface area contributed by atoms with Gasteiger partial charge in [-0.25, -0.2) is 0 Å². The topological polar surface area (TPSA) is 99.6 Å². The second-order valence-electron chi connectivity index (χ2n) is 11.7. The third-order valence-corrected chi connectivity index (χ3v) is 9.24. The number of amides is 3. The van der Waals surface area contributed by atoms with E-state index >= 15 is 0 Å². The number of hydrogen-bond acceptors (Lipinski definition) is 6. The maximum Gasteiger partial charge on any atom is 0.253 e. The molecule has 9 heteroatoms. The number of rotatable bonds is 14. The number of aliphatic hydroxyl groups excluding tert-OH is 1. The monoisotopic (exact) mass is 567 g/mol. The van der Waals surface area contributed by atoms with Crippen LogP contribution in [0.2, 0.25) is 0 Å². The van der Waals surface area contributed by atoms with Gasteiger partial charge in [0.1, 0.15) is 17.4 Å². The maximum absolute atomic E-state index is 14.6. The zero-order valence-corrected chi connectivity index (χ0v) is 24.9. The van der Waals surface area contributed by atoms with Crippen molar-refractivity contribution in [2.24, 2.45) is 17.8 Å². The van der Waals surface area contributed by atoms with Gasteiger partial charge in [0.05, 0.1) is 24.5 Å². The van der Waals surface area contributed by atoms with Crippen molar-refractivity contribution in [2.75, 3.05) is 44.8 Å². The van der Waals surface area contributed by atoms with Gasteiger partial charge in [0.15, 0.2) is 0 Å². The standard InChI is InChI=1S/C32H45N3O6/c1-7-16-33(17-8-2)28(37)25-26-29(38)35(19-10-11-20-36)27(32(26)21-22(4)31(25,5)41-32)30(39)34(18-9-3)23-12-14-24(40-6)15-13-23/h7,9,12-15,22,25-27,36H,1,3,8,10-11,16-21H2,2,4-6H3/t22?,25-,26-,27?,31+,32?/m0/s1. The number of hydrogen-bond donors (Lipinski definition) is 1. The summed E-state index contributed by atoms with van der Waals surface area (Å²) in [6.45, 7) is 15.1. The highest BCUT2D eigenvalue weighted by Crippen LogP contribution is 2.65. The second-order valence-corrected chi connectivity index (χ2v) is 11.7. The minimum absolute atomic E-state index is 0.0100. The van der Waals surface area contributed by atoms with Crippen molar-refractivity contribution in [2.45, 2.75) is 63.7 Å².